The Kier molecular flexibility index (Phi) is 12.1. The van der Waals surface area contributed by atoms with Crippen LogP contribution in [0.1, 0.15) is 57.6 Å². The summed E-state index contributed by atoms with van der Waals surface area (Å²) in [5.41, 5.74) is 1.43. The van der Waals surface area contributed by atoms with E-state index in [1.807, 2.05) is 63.3 Å². The van der Waals surface area contributed by atoms with E-state index in [0.29, 0.717) is 32.1 Å². The third-order valence-electron chi connectivity index (χ3n) is 7.46. The molecule has 0 fully saturated rings. The van der Waals surface area contributed by atoms with Crippen molar-refractivity contribution in [1.29, 1.82) is 0 Å². The number of aliphatic hydroxyl groups excluding tert-OH is 1. The predicted molar refractivity (Wildman–Crippen MR) is 156 cm³/mol. The molecule has 0 aliphatic carbocycles. The zero-order valence-electron chi connectivity index (χ0n) is 24.3. The lowest BCUT2D eigenvalue weighted by Gasteiger charge is -2.32. The highest BCUT2D eigenvalue weighted by molar-refractivity contribution is 5.86. The van der Waals surface area contributed by atoms with Gasteiger partial charge in [-0.3, -0.25) is 14.4 Å². The SMILES string of the molecule is CC(C)(C)[C@H]1COC(=O)[C@@H](Cc2ccc(F)cc2)CC/C=C/C[C@@H](CC(=O)N[C@@H](CO)Cc2ccccc2)C(=O)N1. The minimum atomic E-state index is -0.626. The Bertz CT molecular complexity index is 1160. The molecule has 3 rings (SSSR count). The highest BCUT2D eigenvalue weighted by Crippen LogP contribution is 2.24. The van der Waals surface area contributed by atoms with Crippen molar-refractivity contribution in [2.24, 2.45) is 17.3 Å². The first-order valence-corrected chi connectivity index (χ1v) is 14.4. The number of cyclic esters (lactones) is 1. The largest absolute Gasteiger partial charge is 0.463 e. The van der Waals surface area contributed by atoms with Crippen LogP contribution in [-0.2, 0) is 32.0 Å². The normalized spacial score (nSPS) is 22.2. The number of rotatable bonds is 8. The molecule has 3 N–H and O–H groups in total. The molecule has 0 radical (unpaired) electrons. The fourth-order valence-electron chi connectivity index (χ4n) is 4.82. The zero-order chi connectivity index (χ0) is 29.8. The van der Waals surface area contributed by atoms with Gasteiger partial charge in [0, 0.05) is 6.42 Å². The standard InChI is InChI=1S/C33H43FN2O5/c1-33(2,3)29-22-41-32(40)26(18-24-14-16-27(34)17-15-24)13-9-5-8-12-25(31(39)36-29)20-30(38)35-28(21-37)19-23-10-6-4-7-11-23/h4-8,10-11,14-17,25-26,28-29,37H,9,12-13,18-22H2,1-3H3,(H,35,38)(H,36,39)/b8-5+/t25-,26+,28+,29+/m0/s1. The summed E-state index contributed by atoms with van der Waals surface area (Å²) in [6.07, 6.45) is 6.17. The molecule has 1 heterocycles. The Morgan fingerprint density at radius 2 is 1.76 bits per heavy atom. The van der Waals surface area contributed by atoms with Gasteiger partial charge in [0.25, 0.3) is 0 Å². The summed E-state index contributed by atoms with van der Waals surface area (Å²) in [6, 6.07) is 14.8. The summed E-state index contributed by atoms with van der Waals surface area (Å²) in [5, 5.41) is 15.7. The topological polar surface area (TPSA) is 105 Å². The lowest BCUT2D eigenvalue weighted by molar-refractivity contribution is -0.151. The molecule has 2 aromatic rings. The molecule has 0 unspecified atom stereocenters. The van der Waals surface area contributed by atoms with Gasteiger partial charge in [0.2, 0.25) is 11.8 Å². The van der Waals surface area contributed by atoms with E-state index in [0.717, 1.165) is 11.1 Å². The Labute approximate surface area is 242 Å². The summed E-state index contributed by atoms with van der Waals surface area (Å²) in [6.45, 7) is 5.66. The van der Waals surface area contributed by atoms with E-state index in [9.17, 15) is 23.9 Å². The van der Waals surface area contributed by atoms with Crippen LogP contribution >= 0.6 is 0 Å². The number of aliphatic hydroxyl groups is 1. The second kappa shape index (κ2) is 15.5. The third kappa shape index (κ3) is 10.8. The summed E-state index contributed by atoms with van der Waals surface area (Å²) in [4.78, 5) is 39.5. The number of benzene rings is 2. The van der Waals surface area contributed by atoms with Crippen molar-refractivity contribution in [1.82, 2.24) is 10.6 Å². The molecule has 7 nitrogen and oxygen atoms in total. The van der Waals surface area contributed by atoms with Gasteiger partial charge in [-0.15, -0.1) is 0 Å². The van der Waals surface area contributed by atoms with Crippen LogP contribution in [0.15, 0.2) is 66.7 Å². The van der Waals surface area contributed by atoms with Crippen LogP contribution in [0.2, 0.25) is 0 Å². The molecule has 1 aliphatic rings. The number of carbonyl (C=O) groups is 3. The number of nitrogens with one attached hydrogen (secondary N) is 2. The Morgan fingerprint density at radius 3 is 2.41 bits per heavy atom. The van der Waals surface area contributed by atoms with Crippen LogP contribution in [0.5, 0.6) is 0 Å². The number of halogens is 1. The van der Waals surface area contributed by atoms with Gasteiger partial charge in [-0.1, -0.05) is 75.4 Å². The molecular weight excluding hydrogens is 523 g/mol. The van der Waals surface area contributed by atoms with E-state index in [1.54, 1.807) is 12.1 Å². The highest BCUT2D eigenvalue weighted by Gasteiger charge is 2.32. The van der Waals surface area contributed by atoms with Gasteiger partial charge in [0.05, 0.1) is 30.5 Å². The average Bonchev–Trinajstić information content (AvgIpc) is 2.94. The number of carbonyl (C=O) groups excluding carboxylic acids is 3. The molecule has 0 saturated carbocycles. The molecule has 2 amide bonds. The Morgan fingerprint density at radius 1 is 1.05 bits per heavy atom. The van der Waals surface area contributed by atoms with Gasteiger partial charge in [-0.25, -0.2) is 4.39 Å². The molecule has 1 aliphatic heterocycles. The zero-order valence-corrected chi connectivity index (χ0v) is 24.3. The van der Waals surface area contributed by atoms with Gasteiger partial charge in [0.15, 0.2) is 0 Å². The highest BCUT2D eigenvalue weighted by atomic mass is 19.1. The Hall–Kier alpha value is -3.52. The van der Waals surface area contributed by atoms with E-state index in [1.165, 1.54) is 12.1 Å². The summed E-state index contributed by atoms with van der Waals surface area (Å²) < 4.78 is 19.1. The number of ether oxygens (including phenoxy) is 1. The van der Waals surface area contributed by atoms with Crippen molar-refractivity contribution in [3.05, 3.63) is 83.7 Å². The van der Waals surface area contributed by atoms with Gasteiger partial charge >= 0.3 is 5.97 Å². The van der Waals surface area contributed by atoms with Crippen molar-refractivity contribution < 1.29 is 28.6 Å². The van der Waals surface area contributed by atoms with Crippen molar-refractivity contribution >= 4 is 17.8 Å². The maximum Gasteiger partial charge on any atom is 0.309 e. The second-order valence-electron chi connectivity index (χ2n) is 11.9. The smallest absolute Gasteiger partial charge is 0.309 e. The fraction of sp³-hybridized carbons (Fsp3) is 0.485. The van der Waals surface area contributed by atoms with E-state index in [2.05, 4.69) is 10.6 Å². The number of hydrogen-bond donors (Lipinski definition) is 3. The quantitative estimate of drug-likeness (QED) is 0.322. The number of hydrogen-bond acceptors (Lipinski definition) is 5. The van der Waals surface area contributed by atoms with E-state index in [4.69, 9.17) is 4.74 Å². The number of amides is 2. The van der Waals surface area contributed by atoms with Crippen molar-refractivity contribution in [3.63, 3.8) is 0 Å². The van der Waals surface area contributed by atoms with Crippen molar-refractivity contribution in [3.8, 4) is 0 Å². The van der Waals surface area contributed by atoms with Crippen LogP contribution < -0.4 is 10.6 Å². The van der Waals surface area contributed by atoms with Crippen LogP contribution in [-0.4, -0.2) is 48.2 Å². The van der Waals surface area contributed by atoms with E-state index >= 15 is 0 Å². The molecular formula is C33H43FN2O5. The second-order valence-corrected chi connectivity index (χ2v) is 11.9. The first kappa shape index (κ1) is 32.0. The Balaban J connectivity index is 1.71. The lowest BCUT2D eigenvalue weighted by Crippen LogP contribution is -2.50. The van der Waals surface area contributed by atoms with Gasteiger partial charge < -0.3 is 20.5 Å². The van der Waals surface area contributed by atoms with Gasteiger partial charge in [-0.05, 0) is 60.8 Å². The minimum Gasteiger partial charge on any atom is -0.463 e. The molecule has 8 heteroatoms. The maximum atomic E-state index is 13.4. The molecule has 41 heavy (non-hydrogen) atoms. The number of allylic oxidation sites excluding steroid dienone is 2. The molecule has 2 aromatic carbocycles. The first-order valence-electron chi connectivity index (χ1n) is 14.4. The molecule has 0 spiro atoms. The van der Waals surface area contributed by atoms with E-state index < -0.39 is 29.3 Å². The average molecular weight is 567 g/mol. The lowest BCUT2D eigenvalue weighted by atomic mass is 9.86. The van der Waals surface area contributed by atoms with Gasteiger partial charge in [-0.2, -0.15) is 0 Å². The van der Waals surface area contributed by atoms with E-state index in [-0.39, 0.29) is 43.2 Å². The molecule has 222 valence electrons. The van der Waals surface area contributed by atoms with Crippen molar-refractivity contribution in [2.75, 3.05) is 13.2 Å². The molecule has 0 bridgehead atoms. The first-order chi connectivity index (χ1) is 19.5. The van der Waals surface area contributed by atoms with Gasteiger partial charge in [0.1, 0.15) is 12.4 Å². The van der Waals surface area contributed by atoms with Crippen molar-refractivity contribution in [2.45, 2.75) is 71.4 Å². The minimum absolute atomic E-state index is 0.00397. The van der Waals surface area contributed by atoms with Crippen LogP contribution in [0, 0.1) is 23.1 Å². The van der Waals surface area contributed by atoms with Crippen LogP contribution in [0.4, 0.5) is 4.39 Å². The van der Waals surface area contributed by atoms with Crippen LogP contribution in [0.3, 0.4) is 0 Å². The van der Waals surface area contributed by atoms with Crippen LogP contribution in [0.25, 0.3) is 0 Å². The molecule has 0 aromatic heterocycles. The summed E-state index contributed by atoms with van der Waals surface area (Å²) in [7, 11) is 0. The third-order valence-corrected chi connectivity index (χ3v) is 7.46. The summed E-state index contributed by atoms with van der Waals surface area (Å²) in [5.74, 6) is -2.32. The molecule has 4 atom stereocenters. The maximum absolute atomic E-state index is 13.4. The number of esters is 1. The summed E-state index contributed by atoms with van der Waals surface area (Å²) >= 11 is 0. The fourth-order valence-corrected chi connectivity index (χ4v) is 4.82. The monoisotopic (exact) mass is 566 g/mol. The predicted octanol–water partition coefficient (Wildman–Crippen LogP) is 4.52. The molecule has 0 saturated heterocycles.